The van der Waals surface area contributed by atoms with Crippen molar-refractivity contribution >= 4 is 16.1 Å². The van der Waals surface area contributed by atoms with Crippen LogP contribution in [0.3, 0.4) is 0 Å². The Morgan fingerprint density at radius 2 is 1.60 bits per heavy atom. The van der Waals surface area contributed by atoms with E-state index in [-0.39, 0.29) is 29.6 Å². The van der Waals surface area contributed by atoms with Crippen LogP contribution in [0.25, 0.3) is 0 Å². The lowest BCUT2D eigenvalue weighted by atomic mass is 10.2. The first-order chi connectivity index (χ1) is 12.0. The quantitative estimate of drug-likeness (QED) is 0.753. The maximum Gasteiger partial charge on any atom is 0.320 e. The Labute approximate surface area is 147 Å². The van der Waals surface area contributed by atoms with Crippen LogP contribution in [0.1, 0.15) is 5.56 Å². The number of hydrogen-bond acceptors (Lipinski definition) is 5. The lowest BCUT2D eigenvalue weighted by Gasteiger charge is -2.38. The van der Waals surface area contributed by atoms with Gasteiger partial charge in [0.2, 0.25) is 10.0 Å². The fourth-order valence-electron chi connectivity index (χ4n) is 3.00. The summed E-state index contributed by atoms with van der Waals surface area (Å²) in [6, 6.07) is 8.02. The number of nitriles is 1. The minimum atomic E-state index is -3.74. The van der Waals surface area contributed by atoms with Gasteiger partial charge in [0.05, 0.1) is 23.7 Å². The zero-order valence-electron chi connectivity index (χ0n) is 13.8. The Hall–Kier alpha value is -2.15. The minimum Gasteiger partial charge on any atom is -0.378 e. The predicted octanol–water partition coefficient (Wildman–Crippen LogP) is 0.317. The molecule has 2 aliphatic heterocycles. The van der Waals surface area contributed by atoms with Crippen LogP contribution in [-0.2, 0) is 14.8 Å². The highest BCUT2D eigenvalue weighted by Gasteiger charge is 2.33. The highest BCUT2D eigenvalue weighted by molar-refractivity contribution is 7.89. The van der Waals surface area contributed by atoms with Crippen molar-refractivity contribution in [2.45, 2.75) is 4.90 Å². The number of amides is 2. The van der Waals surface area contributed by atoms with Gasteiger partial charge in [0.1, 0.15) is 6.07 Å². The van der Waals surface area contributed by atoms with Gasteiger partial charge in [0.15, 0.2) is 0 Å². The van der Waals surface area contributed by atoms with Gasteiger partial charge in [-0.25, -0.2) is 13.2 Å². The van der Waals surface area contributed by atoms with Crippen molar-refractivity contribution in [3.63, 3.8) is 0 Å². The molecule has 0 saturated carbocycles. The molecular weight excluding hydrogens is 344 g/mol. The average Bonchev–Trinajstić information content (AvgIpc) is 2.68. The number of rotatable bonds is 2. The maximum atomic E-state index is 12.8. The molecule has 0 bridgehead atoms. The van der Waals surface area contributed by atoms with Gasteiger partial charge >= 0.3 is 6.03 Å². The third-order valence-electron chi connectivity index (χ3n) is 4.42. The zero-order chi connectivity index (χ0) is 17.9. The molecule has 0 atom stereocenters. The van der Waals surface area contributed by atoms with E-state index >= 15 is 0 Å². The molecule has 3 rings (SSSR count). The second-order valence-electron chi connectivity index (χ2n) is 5.88. The Bertz CT molecular complexity index is 776. The van der Waals surface area contributed by atoms with E-state index in [9.17, 15) is 13.2 Å². The first kappa shape index (κ1) is 17.7. The molecular formula is C16H20N4O4S. The molecule has 1 aromatic rings. The number of sulfonamides is 1. The van der Waals surface area contributed by atoms with Gasteiger partial charge in [-0.05, 0) is 12.1 Å². The van der Waals surface area contributed by atoms with Crippen molar-refractivity contribution in [3.8, 4) is 6.07 Å². The third kappa shape index (κ3) is 3.61. The van der Waals surface area contributed by atoms with Gasteiger partial charge in [0.25, 0.3) is 0 Å². The first-order valence-electron chi connectivity index (χ1n) is 8.15. The number of ether oxygens (including phenoxy) is 1. The van der Waals surface area contributed by atoms with Gasteiger partial charge in [-0.2, -0.15) is 9.57 Å². The van der Waals surface area contributed by atoms with Crippen LogP contribution in [-0.4, -0.2) is 81.0 Å². The summed E-state index contributed by atoms with van der Waals surface area (Å²) in [7, 11) is -3.74. The van der Waals surface area contributed by atoms with Crippen LogP contribution < -0.4 is 0 Å². The standard InChI is InChI=1S/C16H20N4O4S/c17-13-14-3-1-2-4-15(14)25(22,23)20-7-5-18(6-8-20)16(21)19-9-11-24-12-10-19/h1-4H,5-12H2. The minimum absolute atomic E-state index is 0.0189. The Morgan fingerprint density at radius 1 is 1.00 bits per heavy atom. The van der Waals surface area contributed by atoms with Crippen LogP contribution in [0.5, 0.6) is 0 Å². The number of benzene rings is 1. The van der Waals surface area contributed by atoms with Crippen molar-refractivity contribution in [1.82, 2.24) is 14.1 Å². The molecule has 1 aromatic carbocycles. The molecule has 0 radical (unpaired) electrons. The van der Waals surface area contributed by atoms with E-state index in [1.165, 1.54) is 16.4 Å². The fraction of sp³-hybridized carbons (Fsp3) is 0.500. The van der Waals surface area contributed by atoms with E-state index in [0.29, 0.717) is 39.4 Å². The van der Waals surface area contributed by atoms with Crippen molar-refractivity contribution in [2.24, 2.45) is 0 Å². The number of hydrogen-bond donors (Lipinski definition) is 0. The van der Waals surface area contributed by atoms with E-state index in [1.54, 1.807) is 21.9 Å². The van der Waals surface area contributed by atoms with Gasteiger partial charge in [0, 0.05) is 39.3 Å². The highest BCUT2D eigenvalue weighted by Crippen LogP contribution is 2.21. The van der Waals surface area contributed by atoms with Gasteiger partial charge in [-0.15, -0.1) is 0 Å². The lowest BCUT2D eigenvalue weighted by Crippen LogP contribution is -2.55. The number of nitrogens with zero attached hydrogens (tertiary/aromatic N) is 4. The van der Waals surface area contributed by atoms with Crippen LogP contribution in [0.2, 0.25) is 0 Å². The molecule has 0 N–H and O–H groups in total. The molecule has 2 aliphatic rings. The van der Waals surface area contributed by atoms with E-state index in [2.05, 4.69) is 0 Å². The fourth-order valence-corrected chi connectivity index (χ4v) is 4.56. The van der Waals surface area contributed by atoms with Crippen molar-refractivity contribution in [1.29, 1.82) is 5.26 Å². The Balaban J connectivity index is 1.67. The van der Waals surface area contributed by atoms with Crippen LogP contribution in [0.15, 0.2) is 29.2 Å². The average molecular weight is 364 g/mol. The summed E-state index contributed by atoms with van der Waals surface area (Å²) in [5.74, 6) is 0. The number of urea groups is 1. The Morgan fingerprint density at radius 3 is 2.24 bits per heavy atom. The molecule has 2 fully saturated rings. The lowest BCUT2D eigenvalue weighted by molar-refractivity contribution is 0.0405. The molecule has 2 saturated heterocycles. The predicted molar refractivity (Wildman–Crippen MR) is 89.3 cm³/mol. The third-order valence-corrected chi connectivity index (χ3v) is 6.37. The molecule has 0 unspecified atom stereocenters. The van der Waals surface area contributed by atoms with E-state index in [4.69, 9.17) is 10.00 Å². The SMILES string of the molecule is N#Cc1ccccc1S(=O)(=O)N1CCN(C(=O)N2CCOCC2)CC1. The van der Waals surface area contributed by atoms with Crippen LogP contribution in [0.4, 0.5) is 4.79 Å². The van der Waals surface area contributed by atoms with Crippen molar-refractivity contribution in [2.75, 3.05) is 52.5 Å². The topological polar surface area (TPSA) is 93.9 Å². The van der Waals surface area contributed by atoms with Gasteiger partial charge in [-0.1, -0.05) is 12.1 Å². The van der Waals surface area contributed by atoms with E-state index < -0.39 is 10.0 Å². The first-order valence-corrected chi connectivity index (χ1v) is 9.59. The summed E-state index contributed by atoms with van der Waals surface area (Å²) in [4.78, 5) is 15.9. The monoisotopic (exact) mass is 364 g/mol. The molecule has 9 heteroatoms. The van der Waals surface area contributed by atoms with Crippen LogP contribution in [0, 0.1) is 11.3 Å². The second-order valence-corrected chi connectivity index (χ2v) is 7.79. The summed E-state index contributed by atoms with van der Waals surface area (Å²) in [5, 5.41) is 9.14. The second kappa shape index (κ2) is 7.39. The zero-order valence-corrected chi connectivity index (χ0v) is 14.6. The smallest absolute Gasteiger partial charge is 0.320 e. The summed E-state index contributed by atoms with van der Waals surface area (Å²) in [6.07, 6.45) is 0. The molecule has 0 aliphatic carbocycles. The van der Waals surface area contributed by atoms with Crippen molar-refractivity contribution < 1.29 is 17.9 Å². The number of piperazine rings is 1. The van der Waals surface area contributed by atoms with E-state index in [0.717, 1.165) is 0 Å². The molecule has 134 valence electrons. The highest BCUT2D eigenvalue weighted by atomic mass is 32.2. The van der Waals surface area contributed by atoms with E-state index in [1.807, 2.05) is 6.07 Å². The summed E-state index contributed by atoms with van der Waals surface area (Å²) in [6.45, 7) is 3.31. The molecule has 2 amide bonds. The molecule has 0 spiro atoms. The summed E-state index contributed by atoms with van der Waals surface area (Å²) in [5.41, 5.74) is 0.134. The number of carbonyl (C=O) groups is 1. The normalized spacial score (nSPS) is 19.5. The summed E-state index contributed by atoms with van der Waals surface area (Å²) >= 11 is 0. The molecule has 8 nitrogen and oxygen atoms in total. The largest absolute Gasteiger partial charge is 0.378 e. The van der Waals surface area contributed by atoms with Crippen molar-refractivity contribution in [3.05, 3.63) is 29.8 Å². The number of carbonyl (C=O) groups excluding carboxylic acids is 1. The summed E-state index contributed by atoms with van der Waals surface area (Å²) < 4.78 is 32.2. The Kier molecular flexibility index (Phi) is 5.22. The maximum absolute atomic E-state index is 12.8. The van der Waals surface area contributed by atoms with Gasteiger partial charge in [-0.3, -0.25) is 0 Å². The number of morpholine rings is 1. The molecule has 2 heterocycles. The molecule has 0 aromatic heterocycles. The van der Waals surface area contributed by atoms with Crippen LogP contribution >= 0.6 is 0 Å². The van der Waals surface area contributed by atoms with Gasteiger partial charge < -0.3 is 14.5 Å². The molecule has 25 heavy (non-hydrogen) atoms.